The molecule has 0 aliphatic carbocycles. The zero-order valence-corrected chi connectivity index (χ0v) is 8.12. The van der Waals surface area contributed by atoms with Crippen LogP contribution in [-0.2, 0) is 0 Å². The number of nitro groups is 1. The molecule has 0 saturated carbocycles. The number of non-ortho nitro benzene ring substituents is 1. The van der Waals surface area contributed by atoms with E-state index in [2.05, 4.69) is 4.98 Å². The lowest BCUT2D eigenvalue weighted by Crippen LogP contribution is -2.03. The summed E-state index contributed by atoms with van der Waals surface area (Å²) >= 11 is 5.80. The average Bonchev–Trinajstić information content (AvgIpc) is 2.16. The van der Waals surface area contributed by atoms with Crippen LogP contribution in [0.1, 0.15) is 0 Å². The predicted octanol–water partition coefficient (Wildman–Crippen LogP) is 2.09. The molecule has 5 nitrogen and oxygen atoms in total. The van der Waals surface area contributed by atoms with E-state index >= 15 is 0 Å². The average molecular weight is 225 g/mol. The molecule has 0 bridgehead atoms. The summed E-state index contributed by atoms with van der Waals surface area (Å²) in [7, 11) is 0. The summed E-state index contributed by atoms with van der Waals surface area (Å²) in [6.45, 7) is 0. The van der Waals surface area contributed by atoms with Crippen molar-refractivity contribution in [3.63, 3.8) is 0 Å². The molecule has 1 heterocycles. The van der Waals surface area contributed by atoms with Crippen LogP contribution >= 0.6 is 11.6 Å². The first-order chi connectivity index (χ1) is 7.08. The van der Waals surface area contributed by atoms with Gasteiger partial charge in [0, 0.05) is 23.6 Å². The number of aromatic amines is 1. The van der Waals surface area contributed by atoms with Gasteiger partial charge in [0.1, 0.15) is 0 Å². The fourth-order valence-electron chi connectivity index (χ4n) is 1.32. The molecule has 0 unspecified atom stereocenters. The molecule has 0 fully saturated rings. The molecule has 76 valence electrons. The molecule has 0 aliphatic rings. The van der Waals surface area contributed by atoms with Crippen molar-refractivity contribution in [1.82, 2.24) is 4.98 Å². The first kappa shape index (κ1) is 9.67. The highest BCUT2D eigenvalue weighted by molar-refractivity contribution is 6.35. The monoisotopic (exact) mass is 224 g/mol. The van der Waals surface area contributed by atoms with Crippen molar-refractivity contribution in [3.8, 4) is 0 Å². The Balaban J connectivity index is 2.82. The van der Waals surface area contributed by atoms with E-state index in [1.54, 1.807) is 0 Å². The predicted molar refractivity (Wildman–Crippen MR) is 56.2 cm³/mol. The zero-order valence-electron chi connectivity index (χ0n) is 7.36. The first-order valence-electron chi connectivity index (χ1n) is 4.05. The Morgan fingerprint density at radius 1 is 1.33 bits per heavy atom. The van der Waals surface area contributed by atoms with E-state index in [4.69, 9.17) is 11.6 Å². The van der Waals surface area contributed by atoms with Gasteiger partial charge < -0.3 is 4.98 Å². The Kier molecular flexibility index (Phi) is 2.17. The lowest BCUT2D eigenvalue weighted by atomic mass is 10.2. The van der Waals surface area contributed by atoms with Gasteiger partial charge in [-0.1, -0.05) is 11.6 Å². The molecule has 2 rings (SSSR count). The van der Waals surface area contributed by atoms with E-state index in [0.717, 1.165) is 0 Å². The Labute approximate surface area is 88.5 Å². The number of fused-ring (bicyclic) bond motifs is 1. The molecule has 0 saturated heterocycles. The van der Waals surface area contributed by atoms with Gasteiger partial charge in [0.25, 0.3) is 5.69 Å². The maximum Gasteiger partial charge on any atom is 0.271 e. The van der Waals surface area contributed by atoms with Crippen LogP contribution in [0.2, 0.25) is 5.02 Å². The number of pyridine rings is 1. The molecule has 0 atom stereocenters. The van der Waals surface area contributed by atoms with Crippen molar-refractivity contribution in [1.29, 1.82) is 0 Å². The number of nitrogens with zero attached hydrogens (tertiary/aromatic N) is 1. The van der Waals surface area contributed by atoms with E-state index in [0.29, 0.717) is 10.9 Å². The minimum absolute atomic E-state index is 0.0829. The van der Waals surface area contributed by atoms with E-state index in [1.165, 1.54) is 24.3 Å². The summed E-state index contributed by atoms with van der Waals surface area (Å²) in [5.41, 5.74) is -0.102. The highest BCUT2D eigenvalue weighted by Gasteiger charge is 2.08. The minimum atomic E-state index is -0.529. The number of hydrogen-bond donors (Lipinski definition) is 1. The third-order valence-corrected chi connectivity index (χ3v) is 2.30. The minimum Gasteiger partial charge on any atom is -0.322 e. The van der Waals surface area contributed by atoms with Crippen LogP contribution in [0.15, 0.2) is 29.1 Å². The van der Waals surface area contributed by atoms with Crippen molar-refractivity contribution in [3.05, 3.63) is 49.8 Å². The number of aromatic nitrogens is 1. The number of nitrogens with one attached hydrogen (secondary N) is 1. The molecule has 1 aromatic carbocycles. The van der Waals surface area contributed by atoms with Crippen LogP contribution in [0, 0.1) is 10.1 Å². The first-order valence-corrected chi connectivity index (χ1v) is 4.43. The molecule has 6 heteroatoms. The molecule has 0 spiro atoms. The van der Waals surface area contributed by atoms with Gasteiger partial charge in [-0.15, -0.1) is 0 Å². The molecular formula is C9H5ClN2O3. The van der Waals surface area contributed by atoms with Gasteiger partial charge in [0.05, 0.1) is 15.5 Å². The maximum atomic E-state index is 11.1. The van der Waals surface area contributed by atoms with Crippen LogP contribution < -0.4 is 5.56 Å². The van der Waals surface area contributed by atoms with Crippen molar-refractivity contribution < 1.29 is 4.92 Å². The molecular weight excluding hydrogens is 220 g/mol. The fraction of sp³-hybridized carbons (Fsp3) is 0. The third kappa shape index (κ3) is 1.69. The summed E-state index contributed by atoms with van der Waals surface area (Å²) in [4.78, 5) is 23.5. The van der Waals surface area contributed by atoms with Crippen LogP contribution in [-0.4, -0.2) is 9.91 Å². The van der Waals surface area contributed by atoms with Gasteiger partial charge in [-0.2, -0.15) is 0 Å². The number of H-pyrrole nitrogens is 1. The van der Waals surface area contributed by atoms with Crippen molar-refractivity contribution >= 4 is 28.2 Å². The van der Waals surface area contributed by atoms with Gasteiger partial charge in [0.15, 0.2) is 0 Å². The molecule has 0 aliphatic heterocycles. The number of benzene rings is 1. The van der Waals surface area contributed by atoms with E-state index in [1.807, 2.05) is 0 Å². The van der Waals surface area contributed by atoms with Gasteiger partial charge >= 0.3 is 0 Å². The second-order valence-electron chi connectivity index (χ2n) is 2.97. The Morgan fingerprint density at radius 3 is 2.73 bits per heavy atom. The summed E-state index contributed by atoms with van der Waals surface area (Å²) in [6, 6.07) is 5.36. The second kappa shape index (κ2) is 3.36. The largest absolute Gasteiger partial charge is 0.322 e. The molecule has 0 radical (unpaired) electrons. The number of rotatable bonds is 1. The Hall–Kier alpha value is -1.88. The summed E-state index contributed by atoms with van der Waals surface area (Å²) < 4.78 is 0. The highest BCUT2D eigenvalue weighted by atomic mass is 35.5. The summed E-state index contributed by atoms with van der Waals surface area (Å²) in [5.74, 6) is 0. The standard InChI is InChI=1S/C9H5ClN2O3/c10-7-4-9(13)11-8-3-5(12(14)15)1-2-6(7)8/h1-4H,(H,11,13). The van der Waals surface area contributed by atoms with Gasteiger partial charge in [-0.25, -0.2) is 0 Å². The maximum absolute atomic E-state index is 11.1. The lowest BCUT2D eigenvalue weighted by molar-refractivity contribution is -0.384. The van der Waals surface area contributed by atoms with Gasteiger partial charge in [0.2, 0.25) is 5.56 Å². The lowest BCUT2D eigenvalue weighted by Gasteiger charge is -1.99. The fourth-order valence-corrected chi connectivity index (χ4v) is 1.58. The van der Waals surface area contributed by atoms with Crippen LogP contribution in [0.5, 0.6) is 0 Å². The number of hydrogen-bond acceptors (Lipinski definition) is 3. The SMILES string of the molecule is O=c1cc(Cl)c2ccc([N+](=O)[O-])cc2[nH]1. The smallest absolute Gasteiger partial charge is 0.271 e. The quantitative estimate of drug-likeness (QED) is 0.595. The van der Waals surface area contributed by atoms with Crippen LogP contribution in [0.3, 0.4) is 0 Å². The third-order valence-electron chi connectivity index (χ3n) is 1.99. The van der Waals surface area contributed by atoms with Crippen molar-refractivity contribution in [2.45, 2.75) is 0 Å². The van der Waals surface area contributed by atoms with E-state index < -0.39 is 4.92 Å². The summed E-state index contributed by atoms with van der Waals surface area (Å²) in [6.07, 6.45) is 0. The highest BCUT2D eigenvalue weighted by Crippen LogP contribution is 2.23. The molecule has 1 aromatic heterocycles. The molecule has 2 aromatic rings. The Bertz CT molecular complexity index is 606. The van der Waals surface area contributed by atoms with Crippen LogP contribution in [0.4, 0.5) is 5.69 Å². The van der Waals surface area contributed by atoms with Crippen LogP contribution in [0.25, 0.3) is 10.9 Å². The number of halogens is 1. The topological polar surface area (TPSA) is 76.0 Å². The van der Waals surface area contributed by atoms with Crippen molar-refractivity contribution in [2.24, 2.45) is 0 Å². The zero-order chi connectivity index (χ0) is 11.0. The second-order valence-corrected chi connectivity index (χ2v) is 3.38. The van der Waals surface area contributed by atoms with Gasteiger partial charge in [-0.3, -0.25) is 14.9 Å². The number of nitro benzene ring substituents is 1. The normalized spacial score (nSPS) is 10.5. The molecule has 1 N–H and O–H groups in total. The van der Waals surface area contributed by atoms with E-state index in [9.17, 15) is 14.9 Å². The van der Waals surface area contributed by atoms with E-state index in [-0.39, 0.29) is 16.3 Å². The Morgan fingerprint density at radius 2 is 2.07 bits per heavy atom. The molecule has 15 heavy (non-hydrogen) atoms. The van der Waals surface area contributed by atoms with Gasteiger partial charge in [-0.05, 0) is 6.07 Å². The summed E-state index contributed by atoms with van der Waals surface area (Å²) in [5, 5.41) is 11.4. The molecule has 0 amide bonds. The van der Waals surface area contributed by atoms with Crippen molar-refractivity contribution in [2.75, 3.05) is 0 Å².